The van der Waals surface area contributed by atoms with E-state index in [1.54, 1.807) is 6.08 Å². The summed E-state index contributed by atoms with van der Waals surface area (Å²) < 4.78 is 5.61. The second-order valence-corrected chi connectivity index (χ2v) is 4.42. The van der Waals surface area contributed by atoms with E-state index in [1.165, 1.54) is 0 Å². The van der Waals surface area contributed by atoms with Gasteiger partial charge in [-0.1, -0.05) is 6.08 Å². The highest BCUT2D eigenvalue weighted by molar-refractivity contribution is 5.81. The van der Waals surface area contributed by atoms with E-state index in [0.717, 1.165) is 19.7 Å². The molecule has 5 nitrogen and oxygen atoms in total. The minimum atomic E-state index is -0.203. The maximum absolute atomic E-state index is 11.6. The molecule has 0 aromatic heterocycles. The van der Waals surface area contributed by atoms with E-state index in [0.29, 0.717) is 13.1 Å². The second kappa shape index (κ2) is 7.42. The predicted molar refractivity (Wildman–Crippen MR) is 67.9 cm³/mol. The zero-order valence-electron chi connectivity index (χ0n) is 10.7. The van der Waals surface area contributed by atoms with Crippen LogP contribution in [-0.2, 0) is 9.53 Å². The number of morpholine rings is 1. The first-order valence-electron chi connectivity index (χ1n) is 6.05. The van der Waals surface area contributed by atoms with Crippen molar-refractivity contribution in [2.45, 2.75) is 19.1 Å². The van der Waals surface area contributed by atoms with Crippen LogP contribution in [0.1, 0.15) is 6.92 Å². The molecule has 1 saturated heterocycles. The van der Waals surface area contributed by atoms with Gasteiger partial charge in [-0.25, -0.2) is 0 Å². The summed E-state index contributed by atoms with van der Waals surface area (Å²) in [6, 6.07) is -0.203. The summed E-state index contributed by atoms with van der Waals surface area (Å²) in [6.07, 6.45) is 1.84. The van der Waals surface area contributed by atoms with Crippen LogP contribution < -0.4 is 10.6 Å². The van der Waals surface area contributed by atoms with Crippen LogP contribution in [0.15, 0.2) is 12.7 Å². The molecule has 0 saturated carbocycles. The minimum Gasteiger partial charge on any atom is -0.374 e. The molecule has 2 atom stereocenters. The second-order valence-electron chi connectivity index (χ2n) is 4.42. The molecule has 17 heavy (non-hydrogen) atoms. The van der Waals surface area contributed by atoms with Crippen molar-refractivity contribution in [1.82, 2.24) is 15.5 Å². The molecule has 0 bridgehead atoms. The number of ether oxygens (including phenoxy) is 1. The summed E-state index contributed by atoms with van der Waals surface area (Å²) in [5.41, 5.74) is 0. The van der Waals surface area contributed by atoms with Crippen LogP contribution in [0.3, 0.4) is 0 Å². The van der Waals surface area contributed by atoms with Crippen molar-refractivity contribution in [3.05, 3.63) is 12.7 Å². The Hall–Kier alpha value is -0.910. The Morgan fingerprint density at radius 1 is 1.71 bits per heavy atom. The van der Waals surface area contributed by atoms with Gasteiger partial charge in [-0.15, -0.1) is 6.58 Å². The van der Waals surface area contributed by atoms with Gasteiger partial charge in [0.25, 0.3) is 0 Å². The maximum Gasteiger partial charge on any atom is 0.237 e. The van der Waals surface area contributed by atoms with Crippen LogP contribution in [0.2, 0.25) is 0 Å². The lowest BCUT2D eigenvalue weighted by atomic mass is 10.2. The molecule has 1 fully saturated rings. The fourth-order valence-electron chi connectivity index (χ4n) is 1.72. The highest BCUT2D eigenvalue weighted by atomic mass is 16.5. The van der Waals surface area contributed by atoms with Crippen LogP contribution in [0.4, 0.5) is 0 Å². The van der Waals surface area contributed by atoms with E-state index in [2.05, 4.69) is 29.2 Å². The molecule has 1 aliphatic heterocycles. The molecule has 0 aromatic rings. The maximum atomic E-state index is 11.6. The number of nitrogens with one attached hydrogen (secondary N) is 2. The van der Waals surface area contributed by atoms with Gasteiger partial charge in [0.05, 0.1) is 18.8 Å². The number of likely N-dealkylation sites (N-methyl/N-ethyl adjacent to an activating group) is 1. The predicted octanol–water partition coefficient (Wildman–Crippen LogP) is -0.403. The van der Waals surface area contributed by atoms with E-state index in [1.807, 2.05) is 6.92 Å². The Bertz CT molecular complexity index is 258. The third-order valence-electron chi connectivity index (χ3n) is 2.81. The van der Waals surface area contributed by atoms with Crippen molar-refractivity contribution in [3.8, 4) is 0 Å². The zero-order chi connectivity index (χ0) is 12.7. The van der Waals surface area contributed by atoms with Crippen molar-refractivity contribution in [2.75, 3.05) is 39.8 Å². The lowest BCUT2D eigenvalue weighted by Gasteiger charge is -2.30. The summed E-state index contributed by atoms with van der Waals surface area (Å²) in [4.78, 5) is 13.8. The molecule has 0 spiro atoms. The fraction of sp³-hybridized carbons (Fsp3) is 0.750. The Balaban J connectivity index is 2.20. The van der Waals surface area contributed by atoms with Crippen molar-refractivity contribution in [3.63, 3.8) is 0 Å². The van der Waals surface area contributed by atoms with Crippen molar-refractivity contribution < 1.29 is 9.53 Å². The van der Waals surface area contributed by atoms with Crippen LogP contribution in [-0.4, -0.2) is 62.8 Å². The fourth-order valence-corrected chi connectivity index (χ4v) is 1.72. The molecule has 98 valence electrons. The molecule has 2 unspecified atom stereocenters. The molecule has 1 amide bonds. The Morgan fingerprint density at radius 2 is 2.47 bits per heavy atom. The first-order valence-corrected chi connectivity index (χ1v) is 6.05. The van der Waals surface area contributed by atoms with Gasteiger partial charge in [0.1, 0.15) is 0 Å². The highest BCUT2D eigenvalue weighted by Gasteiger charge is 2.19. The average molecular weight is 241 g/mol. The Morgan fingerprint density at radius 3 is 3.12 bits per heavy atom. The summed E-state index contributed by atoms with van der Waals surface area (Å²) >= 11 is 0. The zero-order valence-corrected chi connectivity index (χ0v) is 10.7. The SMILES string of the molecule is C=CCNC(=O)C(C)NCC1CN(C)CCO1. The van der Waals surface area contributed by atoms with Gasteiger partial charge in [0.15, 0.2) is 0 Å². The molecule has 5 heteroatoms. The molecule has 0 radical (unpaired) electrons. The van der Waals surface area contributed by atoms with E-state index in [4.69, 9.17) is 4.74 Å². The highest BCUT2D eigenvalue weighted by Crippen LogP contribution is 2.01. The van der Waals surface area contributed by atoms with Gasteiger partial charge in [-0.2, -0.15) is 0 Å². The minimum absolute atomic E-state index is 0.00550. The Kier molecular flexibility index (Phi) is 6.18. The van der Waals surface area contributed by atoms with E-state index in [9.17, 15) is 4.79 Å². The summed E-state index contributed by atoms with van der Waals surface area (Å²) in [7, 11) is 2.08. The van der Waals surface area contributed by atoms with Gasteiger partial charge in [-0.05, 0) is 14.0 Å². The summed E-state index contributed by atoms with van der Waals surface area (Å²) in [5.74, 6) is -0.00550. The number of hydrogen-bond donors (Lipinski definition) is 2. The van der Waals surface area contributed by atoms with Gasteiger partial charge >= 0.3 is 0 Å². The largest absolute Gasteiger partial charge is 0.374 e. The quantitative estimate of drug-likeness (QED) is 0.621. The molecule has 0 aromatic carbocycles. The van der Waals surface area contributed by atoms with Crippen molar-refractivity contribution in [2.24, 2.45) is 0 Å². The average Bonchev–Trinajstić information content (AvgIpc) is 2.33. The standard InChI is InChI=1S/C12H23N3O2/c1-4-5-13-12(16)10(2)14-8-11-9-15(3)6-7-17-11/h4,10-11,14H,1,5-9H2,2-3H3,(H,13,16). The molecule has 2 N–H and O–H groups in total. The number of rotatable bonds is 6. The number of carbonyl (C=O) groups excluding carboxylic acids is 1. The summed E-state index contributed by atoms with van der Waals surface area (Å²) in [5, 5.41) is 5.94. The van der Waals surface area contributed by atoms with E-state index in [-0.39, 0.29) is 18.1 Å². The molecule has 0 aliphatic carbocycles. The number of carbonyl (C=O) groups is 1. The monoisotopic (exact) mass is 241 g/mol. The van der Waals surface area contributed by atoms with Gasteiger partial charge in [0.2, 0.25) is 5.91 Å². The lowest BCUT2D eigenvalue weighted by Crippen LogP contribution is -2.49. The van der Waals surface area contributed by atoms with Crippen LogP contribution in [0, 0.1) is 0 Å². The number of nitrogens with zero attached hydrogens (tertiary/aromatic N) is 1. The van der Waals surface area contributed by atoms with Gasteiger partial charge < -0.3 is 20.3 Å². The number of hydrogen-bond acceptors (Lipinski definition) is 4. The third kappa shape index (κ3) is 5.30. The normalized spacial score (nSPS) is 23.1. The Labute approximate surface area is 103 Å². The van der Waals surface area contributed by atoms with Crippen LogP contribution >= 0.6 is 0 Å². The lowest BCUT2D eigenvalue weighted by molar-refractivity contribution is -0.122. The molecule has 1 heterocycles. The number of amides is 1. The van der Waals surface area contributed by atoms with Crippen LogP contribution in [0.25, 0.3) is 0 Å². The third-order valence-corrected chi connectivity index (χ3v) is 2.81. The topological polar surface area (TPSA) is 53.6 Å². The summed E-state index contributed by atoms with van der Waals surface area (Å²) in [6.45, 7) is 9.27. The van der Waals surface area contributed by atoms with Gasteiger partial charge in [0, 0.05) is 26.2 Å². The molecular formula is C12H23N3O2. The molecule has 1 rings (SSSR count). The van der Waals surface area contributed by atoms with Crippen molar-refractivity contribution >= 4 is 5.91 Å². The van der Waals surface area contributed by atoms with Crippen molar-refractivity contribution in [1.29, 1.82) is 0 Å². The molecular weight excluding hydrogens is 218 g/mol. The van der Waals surface area contributed by atoms with E-state index >= 15 is 0 Å². The first-order chi connectivity index (χ1) is 8.13. The van der Waals surface area contributed by atoms with E-state index < -0.39 is 0 Å². The first kappa shape index (κ1) is 14.2. The smallest absolute Gasteiger partial charge is 0.237 e. The molecule has 1 aliphatic rings. The van der Waals surface area contributed by atoms with Crippen LogP contribution in [0.5, 0.6) is 0 Å². The van der Waals surface area contributed by atoms with Gasteiger partial charge in [-0.3, -0.25) is 4.79 Å².